The van der Waals surface area contributed by atoms with E-state index in [4.69, 9.17) is 20.5 Å². The fourth-order valence-corrected chi connectivity index (χ4v) is 7.20. The number of anilines is 1. The Morgan fingerprint density at radius 3 is 2.55 bits per heavy atom. The second kappa shape index (κ2) is 13.9. The number of aryl methyl sites for hydroxylation is 1. The Hall–Kier alpha value is -4.95. The van der Waals surface area contributed by atoms with Gasteiger partial charge in [0.05, 0.1) is 23.9 Å². The Kier molecular flexibility index (Phi) is 9.61. The van der Waals surface area contributed by atoms with Gasteiger partial charge in [0.2, 0.25) is 5.91 Å². The predicted molar refractivity (Wildman–Crippen MR) is 181 cm³/mol. The lowest BCUT2D eigenvalue weighted by atomic mass is 10.0. The number of ether oxygens (including phenoxy) is 2. The van der Waals surface area contributed by atoms with E-state index in [2.05, 4.69) is 28.0 Å². The predicted octanol–water partition coefficient (Wildman–Crippen LogP) is 5.02. The van der Waals surface area contributed by atoms with Crippen LogP contribution in [0.25, 0.3) is 0 Å². The second-order valence-electron chi connectivity index (χ2n) is 13.9. The van der Waals surface area contributed by atoms with Crippen LogP contribution in [0, 0.1) is 17.1 Å². The summed E-state index contributed by atoms with van der Waals surface area (Å²) >= 11 is 0. The average Bonchev–Trinajstić information content (AvgIpc) is 3.64. The number of nitrogens with two attached hydrogens (primary N) is 1. The summed E-state index contributed by atoms with van der Waals surface area (Å²) in [6, 6.07) is 17.8. The van der Waals surface area contributed by atoms with Gasteiger partial charge >= 0.3 is 5.97 Å². The van der Waals surface area contributed by atoms with Gasteiger partial charge in [-0.25, -0.2) is 4.39 Å². The molecule has 1 unspecified atom stereocenters. The smallest absolute Gasteiger partial charge is 0.306 e. The zero-order valence-electron chi connectivity index (χ0n) is 28.2. The number of piperazine rings is 1. The summed E-state index contributed by atoms with van der Waals surface area (Å²) in [6.07, 6.45) is 2.01. The van der Waals surface area contributed by atoms with Crippen LogP contribution in [0.2, 0.25) is 0 Å². The first-order valence-corrected chi connectivity index (χ1v) is 16.8. The van der Waals surface area contributed by atoms with E-state index in [1.807, 2.05) is 12.1 Å². The van der Waals surface area contributed by atoms with E-state index in [0.717, 1.165) is 31.5 Å². The lowest BCUT2D eigenvalue weighted by Gasteiger charge is -2.39. The summed E-state index contributed by atoms with van der Waals surface area (Å²) in [4.78, 5) is 44.0. The molecule has 6 rings (SSSR count). The molecule has 0 saturated carbocycles. The molecular formula is C38H42FN5O5. The number of esters is 1. The first-order chi connectivity index (χ1) is 23.4. The number of hydrogen-bond donors (Lipinski definition) is 1. The average molecular weight is 668 g/mol. The highest BCUT2D eigenvalue weighted by Gasteiger charge is 2.38. The van der Waals surface area contributed by atoms with E-state index in [-0.39, 0.29) is 31.1 Å². The molecule has 3 aromatic carbocycles. The fraction of sp³-hybridized carbons (Fsp3) is 0.421. The number of halogens is 1. The third-order valence-corrected chi connectivity index (χ3v) is 9.52. The first kappa shape index (κ1) is 33.9. The minimum atomic E-state index is -0.954. The van der Waals surface area contributed by atoms with E-state index < -0.39 is 23.5 Å². The fourth-order valence-electron chi connectivity index (χ4n) is 7.20. The van der Waals surface area contributed by atoms with Crippen LogP contribution in [0.3, 0.4) is 0 Å². The minimum absolute atomic E-state index is 0.0394. The van der Waals surface area contributed by atoms with Crippen molar-refractivity contribution in [3.05, 3.63) is 93.8 Å². The van der Waals surface area contributed by atoms with Crippen LogP contribution >= 0.6 is 0 Å². The summed E-state index contributed by atoms with van der Waals surface area (Å²) in [5, 5.41) is 9.05. The monoisotopic (exact) mass is 667 g/mol. The molecule has 11 heteroatoms. The quantitative estimate of drug-likeness (QED) is 0.299. The number of rotatable bonds is 10. The third-order valence-electron chi connectivity index (χ3n) is 9.52. The van der Waals surface area contributed by atoms with Gasteiger partial charge < -0.3 is 25.0 Å². The third kappa shape index (κ3) is 7.39. The number of carbonyl (C=O) groups is 3. The van der Waals surface area contributed by atoms with E-state index in [0.29, 0.717) is 53.9 Å². The second-order valence-corrected chi connectivity index (χ2v) is 13.9. The number of amides is 2. The maximum absolute atomic E-state index is 14.6. The molecule has 1 saturated heterocycles. The standard InChI is InChI=1S/C38H42FN5O5/c1-38(2,3)49-35(45)14-13-33(36(41)46)44-22-29-28(37(44)47)5-4-6-34(29)48-23-25-7-10-27-26(19-25)9-12-31(27)42-15-17-43(18-16-42)32-11-8-24(21-40)20-30(32)39/h4-8,10-11,19-20,31,33H,9,12-18,22-23H2,1-3H3,(H2,41,46)/t31?,33-/m0/s1. The molecule has 256 valence electrons. The zero-order chi connectivity index (χ0) is 34.9. The molecule has 2 atom stereocenters. The zero-order valence-corrected chi connectivity index (χ0v) is 28.2. The van der Waals surface area contributed by atoms with Gasteiger partial charge in [-0.2, -0.15) is 5.26 Å². The molecule has 2 aliphatic heterocycles. The van der Waals surface area contributed by atoms with E-state index in [9.17, 15) is 18.8 Å². The molecule has 3 aliphatic rings. The Morgan fingerprint density at radius 2 is 1.86 bits per heavy atom. The van der Waals surface area contributed by atoms with Crippen molar-refractivity contribution in [2.24, 2.45) is 5.73 Å². The highest BCUT2D eigenvalue weighted by molar-refractivity contribution is 6.01. The van der Waals surface area contributed by atoms with Crippen molar-refractivity contribution in [1.82, 2.24) is 9.80 Å². The number of nitriles is 1. The molecule has 1 aliphatic carbocycles. The SMILES string of the molecule is CC(C)(C)OC(=O)CC[C@@H](C(N)=O)N1Cc2c(OCc3ccc4c(c3)CCC4N3CCN(c4ccc(C#N)cc4F)CC3)cccc2C1=O. The topological polar surface area (TPSA) is 129 Å². The first-order valence-electron chi connectivity index (χ1n) is 16.8. The molecule has 1 fully saturated rings. The van der Waals surface area contributed by atoms with Crippen molar-refractivity contribution in [3.63, 3.8) is 0 Å². The van der Waals surface area contributed by atoms with E-state index >= 15 is 0 Å². The molecule has 0 aromatic heterocycles. The number of carbonyl (C=O) groups excluding carboxylic acids is 3. The molecule has 3 aromatic rings. The van der Waals surface area contributed by atoms with Crippen LogP contribution in [-0.4, -0.2) is 65.4 Å². The summed E-state index contributed by atoms with van der Waals surface area (Å²) in [6.45, 7) is 8.85. The summed E-state index contributed by atoms with van der Waals surface area (Å²) < 4.78 is 26.3. The van der Waals surface area contributed by atoms with Gasteiger partial charge in [0.15, 0.2) is 0 Å². The van der Waals surface area contributed by atoms with Crippen molar-refractivity contribution in [3.8, 4) is 11.8 Å². The van der Waals surface area contributed by atoms with E-state index in [1.165, 1.54) is 22.1 Å². The van der Waals surface area contributed by atoms with Gasteiger partial charge in [-0.05, 0) is 87.1 Å². The molecule has 2 N–H and O–H groups in total. The number of benzene rings is 3. The summed E-state index contributed by atoms with van der Waals surface area (Å²) in [5.74, 6) is -1.24. The van der Waals surface area contributed by atoms with Crippen LogP contribution in [0.4, 0.5) is 10.1 Å². The maximum atomic E-state index is 14.6. The molecular weight excluding hydrogens is 625 g/mol. The number of hydrogen-bond acceptors (Lipinski definition) is 8. The van der Waals surface area contributed by atoms with Gasteiger partial charge in [0.1, 0.15) is 29.8 Å². The maximum Gasteiger partial charge on any atom is 0.306 e. The van der Waals surface area contributed by atoms with Gasteiger partial charge in [0, 0.05) is 49.8 Å². The molecule has 10 nitrogen and oxygen atoms in total. The van der Waals surface area contributed by atoms with Gasteiger partial charge in [-0.15, -0.1) is 0 Å². The van der Waals surface area contributed by atoms with Crippen molar-refractivity contribution >= 4 is 23.5 Å². The number of fused-ring (bicyclic) bond motifs is 2. The lowest BCUT2D eigenvalue weighted by Crippen LogP contribution is -2.47. The van der Waals surface area contributed by atoms with Gasteiger partial charge in [-0.3, -0.25) is 19.3 Å². The van der Waals surface area contributed by atoms with Crippen molar-refractivity contribution in [2.45, 2.75) is 77.3 Å². The molecule has 0 spiro atoms. The summed E-state index contributed by atoms with van der Waals surface area (Å²) in [5.41, 5.74) is 10.7. The Labute approximate surface area is 286 Å². The van der Waals surface area contributed by atoms with Crippen LogP contribution in [0.5, 0.6) is 5.75 Å². The normalized spacial score (nSPS) is 18.1. The largest absolute Gasteiger partial charge is 0.489 e. The molecule has 0 bridgehead atoms. The molecule has 2 amide bonds. The highest BCUT2D eigenvalue weighted by atomic mass is 19.1. The van der Waals surface area contributed by atoms with Crippen LogP contribution in [-0.2, 0) is 33.9 Å². The van der Waals surface area contributed by atoms with Crippen molar-refractivity contribution < 1.29 is 28.2 Å². The molecule has 2 heterocycles. The van der Waals surface area contributed by atoms with Gasteiger partial charge in [-0.1, -0.05) is 24.3 Å². The van der Waals surface area contributed by atoms with Crippen molar-refractivity contribution in [2.75, 3.05) is 31.1 Å². The number of nitrogens with zero attached hydrogens (tertiary/aromatic N) is 4. The van der Waals surface area contributed by atoms with Crippen LogP contribution in [0.15, 0.2) is 54.6 Å². The Balaban J connectivity index is 1.07. The van der Waals surface area contributed by atoms with Crippen LogP contribution < -0.4 is 15.4 Å². The molecule has 49 heavy (non-hydrogen) atoms. The van der Waals surface area contributed by atoms with Crippen LogP contribution in [0.1, 0.15) is 84.3 Å². The highest BCUT2D eigenvalue weighted by Crippen LogP contribution is 2.38. The van der Waals surface area contributed by atoms with Crippen molar-refractivity contribution in [1.29, 1.82) is 5.26 Å². The number of primary amides is 1. The molecule has 0 radical (unpaired) electrons. The minimum Gasteiger partial charge on any atom is -0.489 e. The Morgan fingerprint density at radius 1 is 1.08 bits per heavy atom. The lowest BCUT2D eigenvalue weighted by molar-refractivity contribution is -0.155. The van der Waals surface area contributed by atoms with Gasteiger partial charge in [0.25, 0.3) is 5.91 Å². The summed E-state index contributed by atoms with van der Waals surface area (Å²) in [7, 11) is 0. The Bertz CT molecular complexity index is 1810. The van der Waals surface area contributed by atoms with E-state index in [1.54, 1.807) is 45.0 Å².